The predicted octanol–water partition coefficient (Wildman–Crippen LogP) is 13.5. The standard InChI is InChI=1S/2C25H22P2.C12H8N2.C7H8S2.2Ag.Pt/c2*1-5-13-22(14-6-1)26(23-15-7-2-8-16-23)21-27(24-17-9-3-10-18-24)25-19-11-4-12-20-25;1-3-9-5-6-10-4-2-8-14-12(10)11(9)13-7-1;1-5-2-3-6(8)7(9)4-5;;;/h2*1-20H,21H2;1-8H;2-4,8-9H,1H3;;;/q;;-2;;2*+1;+2/p+2. The predicted molar refractivity (Wildman–Crippen MR) is 353 cm³/mol. The van der Waals surface area contributed by atoms with Gasteiger partial charge in [0, 0.05) is 0 Å². The van der Waals surface area contributed by atoms with Crippen LogP contribution in [0.2, 0.25) is 0 Å². The molecule has 12 rings (SSSR count). The van der Waals surface area contributed by atoms with Gasteiger partial charge >= 0.3 is 65.8 Å². The molecule has 80 heavy (non-hydrogen) atoms. The number of rotatable bonds is 12. The Labute approximate surface area is 536 Å². The Bertz CT molecular complexity index is 3050. The Morgan fingerprint density at radius 1 is 0.312 bits per heavy atom. The summed E-state index contributed by atoms with van der Waals surface area (Å²) in [5, 5.41) is 23.0. The van der Waals surface area contributed by atoms with Crippen molar-refractivity contribution in [2.24, 2.45) is 0 Å². The van der Waals surface area contributed by atoms with E-state index in [9.17, 15) is 0 Å². The number of benzene rings is 10. The van der Waals surface area contributed by atoms with Gasteiger partial charge in [-0.2, -0.15) is 22.2 Å². The van der Waals surface area contributed by atoms with Crippen molar-refractivity contribution in [3.8, 4) is 0 Å². The van der Waals surface area contributed by atoms with Gasteiger partial charge in [-0.05, 0) is 114 Å². The van der Waals surface area contributed by atoms with Crippen molar-refractivity contribution in [1.29, 1.82) is 0 Å². The van der Waals surface area contributed by atoms with Gasteiger partial charge in [-0.25, -0.2) is 0 Å². The van der Waals surface area contributed by atoms with Crippen LogP contribution in [-0.2, 0) is 91.1 Å². The van der Waals surface area contributed by atoms with Crippen LogP contribution in [0, 0.1) is 6.92 Å². The van der Waals surface area contributed by atoms with Gasteiger partial charge in [0.2, 0.25) is 0 Å². The second kappa shape index (κ2) is 34.7. The second-order valence-corrected chi connectivity index (χ2v) is 30.5. The smallest absolute Gasteiger partial charge is 0.781 e. The zero-order chi connectivity index (χ0) is 52.9. The second-order valence-electron chi connectivity index (χ2n) is 18.4. The van der Waals surface area contributed by atoms with Gasteiger partial charge in [0.05, 0.1) is 0 Å². The summed E-state index contributed by atoms with van der Waals surface area (Å²) in [7, 11) is -3.39. The maximum atomic E-state index is 4.94. The average Bonchev–Trinajstić information content (AvgIpc) is 3.51. The largest absolute Gasteiger partial charge is 2.00 e. The van der Waals surface area contributed by atoms with Crippen LogP contribution in [0.15, 0.2) is 307 Å². The van der Waals surface area contributed by atoms with Crippen molar-refractivity contribution in [2.45, 2.75) is 16.7 Å². The Hall–Kier alpha value is -4.65. The normalized spacial score (nSPS) is 11.2. The molecule has 0 radical (unpaired) electrons. The minimum Gasteiger partial charge on any atom is -0.781 e. The molecular formula is C69H62Ag2N2P4PtS2+4. The van der Waals surface area contributed by atoms with Crippen molar-refractivity contribution in [2.75, 3.05) is 11.8 Å². The summed E-state index contributed by atoms with van der Waals surface area (Å²) in [5.41, 5.74) is 3.13. The van der Waals surface area contributed by atoms with Gasteiger partial charge in [-0.3, -0.25) is 0 Å². The van der Waals surface area contributed by atoms with Gasteiger partial charge in [-0.1, -0.05) is 206 Å². The number of allylic oxidation sites excluding steroid dienone is 2. The summed E-state index contributed by atoms with van der Waals surface area (Å²) in [6, 6.07) is 98.8. The quantitative estimate of drug-likeness (QED) is 0.0693. The third kappa shape index (κ3) is 18.7. The van der Waals surface area contributed by atoms with Gasteiger partial charge in [-0.15, -0.1) is 11.4 Å². The van der Waals surface area contributed by atoms with Gasteiger partial charge < -0.3 is 35.9 Å². The van der Waals surface area contributed by atoms with Crippen LogP contribution in [0.5, 0.6) is 0 Å². The summed E-state index contributed by atoms with van der Waals surface area (Å²) in [5.74, 6) is 2.49. The molecule has 0 saturated carbocycles. The van der Waals surface area contributed by atoms with E-state index < -0.39 is 31.7 Å². The van der Waals surface area contributed by atoms with Crippen LogP contribution in [0.4, 0.5) is 11.4 Å². The molecule has 0 spiro atoms. The monoisotopic (exact) mass is 1520 g/mol. The molecule has 0 bridgehead atoms. The Balaban J connectivity index is 0.000000182. The van der Waals surface area contributed by atoms with Gasteiger partial charge in [0.15, 0.2) is 11.8 Å². The first-order chi connectivity index (χ1) is 38.0. The van der Waals surface area contributed by atoms with Crippen LogP contribution in [0.1, 0.15) is 5.56 Å². The van der Waals surface area contributed by atoms with E-state index in [2.05, 4.69) is 278 Å². The summed E-state index contributed by atoms with van der Waals surface area (Å²) >= 11 is 9.85. The minimum atomic E-state index is -0.847. The number of hydrogen-bond acceptors (Lipinski definition) is 2. The van der Waals surface area contributed by atoms with E-state index in [4.69, 9.17) is 25.3 Å². The van der Waals surface area contributed by atoms with Crippen LogP contribution < -0.4 is 52.9 Å². The molecule has 2 heterocycles. The molecule has 0 aliphatic carbocycles. The zero-order valence-corrected chi connectivity index (χ0v) is 54.9. The third-order valence-electron chi connectivity index (χ3n) is 13.1. The Morgan fingerprint density at radius 2 is 0.550 bits per heavy atom. The van der Waals surface area contributed by atoms with Crippen molar-refractivity contribution >= 4 is 123 Å². The van der Waals surface area contributed by atoms with Crippen LogP contribution >= 0.6 is 31.7 Å². The fraction of sp³-hybridized carbons (Fsp3) is 0.0435. The molecule has 0 fully saturated rings. The van der Waals surface area contributed by atoms with E-state index in [-0.39, 0.29) is 65.8 Å². The van der Waals surface area contributed by atoms with Crippen molar-refractivity contribution in [1.82, 2.24) is 0 Å². The van der Waals surface area contributed by atoms with Crippen molar-refractivity contribution < 1.29 is 65.8 Å². The van der Waals surface area contributed by atoms with E-state index in [1.807, 2.05) is 37.3 Å². The summed E-state index contributed by atoms with van der Waals surface area (Å²) < 4.78 is 0. The average molecular weight is 1520 g/mol. The van der Waals surface area contributed by atoms with Gasteiger partial charge in [0.25, 0.3) is 0 Å². The van der Waals surface area contributed by atoms with Gasteiger partial charge in [0.1, 0.15) is 74.1 Å². The van der Waals surface area contributed by atoms with E-state index in [0.29, 0.717) is 0 Å². The zero-order valence-electron chi connectivity index (χ0n) is 44.0. The Morgan fingerprint density at radius 3 is 0.762 bits per heavy atom. The van der Waals surface area contributed by atoms with E-state index in [0.717, 1.165) is 31.6 Å². The van der Waals surface area contributed by atoms with Crippen molar-refractivity contribution in [3.05, 3.63) is 324 Å². The summed E-state index contributed by atoms with van der Waals surface area (Å²) in [6.45, 7) is 2.00. The van der Waals surface area contributed by atoms with Crippen LogP contribution in [-0.4, -0.2) is 11.8 Å². The number of fused-ring (bicyclic) bond motifs is 3. The SMILES string of the molecule is C1=C[N-]c2c3c(ccc2=C1)=CC=C[N-]3.Cc1ccc([S-])c([S-])c1.[Ag+].[Ag+].[Pt+2].c1ccc([PH+](C[PH+](c2ccccc2)c2ccccc2)c2ccccc2)cc1.c1ccc([PH+](C[PH+](c2ccccc2)c2ccccc2)c2ccccc2)cc1. The molecule has 0 unspecified atom stereocenters. The molecule has 0 aromatic heterocycles. The fourth-order valence-electron chi connectivity index (χ4n) is 9.25. The molecule has 0 N–H and O–H groups in total. The molecular weight excluding hydrogens is 1460 g/mol. The first kappa shape index (κ1) is 64.5. The minimum absolute atomic E-state index is 0. The molecule has 2 aliphatic rings. The maximum absolute atomic E-state index is 4.94. The Kier molecular flexibility index (Phi) is 28.0. The van der Waals surface area contributed by atoms with Crippen LogP contribution in [0.3, 0.4) is 0 Å². The molecule has 11 heteroatoms. The molecule has 0 saturated heterocycles. The third-order valence-corrected chi connectivity index (χ3v) is 27.9. The topological polar surface area (TPSA) is 28.2 Å². The van der Waals surface area contributed by atoms with Crippen LogP contribution in [0.25, 0.3) is 22.8 Å². The molecule has 10 aromatic rings. The summed E-state index contributed by atoms with van der Waals surface area (Å²) in [6.07, 6.45) is 11.6. The number of aryl methyl sites for hydroxylation is 1. The fourth-order valence-corrected chi connectivity index (χ4v) is 25.1. The number of nitrogens with zero attached hydrogens (tertiary/aromatic N) is 2. The first-order valence-electron chi connectivity index (χ1n) is 25.9. The molecule has 408 valence electrons. The first-order valence-corrected chi connectivity index (χ1v) is 33.5. The number of hydrogen-bond donors (Lipinski definition) is 0. The molecule has 0 amide bonds. The molecule has 10 aromatic carbocycles. The summed E-state index contributed by atoms with van der Waals surface area (Å²) in [4.78, 5) is 1.56. The van der Waals surface area contributed by atoms with E-state index in [1.54, 1.807) is 12.4 Å². The molecule has 0 atom stereocenters. The maximum Gasteiger partial charge on any atom is 2.00 e. The van der Waals surface area contributed by atoms with E-state index >= 15 is 0 Å². The molecule has 2 aliphatic heterocycles. The molecule has 2 nitrogen and oxygen atoms in total. The van der Waals surface area contributed by atoms with E-state index in [1.165, 1.54) is 59.8 Å². The van der Waals surface area contributed by atoms with Crippen molar-refractivity contribution in [3.63, 3.8) is 0 Å².